The molecule has 0 amide bonds. The van der Waals surface area contributed by atoms with Crippen LogP contribution in [0.5, 0.6) is 11.6 Å². The maximum absolute atomic E-state index is 6.46. The molecule has 1 atom stereocenters. The monoisotopic (exact) mass is 674 g/mol. The second kappa shape index (κ2) is 15.1. The molecule has 4 aromatic heterocycles. The molecular formula is C32H39ClN12O3. The molecule has 2 aliphatic rings. The van der Waals surface area contributed by atoms with Gasteiger partial charge in [-0.05, 0) is 60.7 Å². The first-order chi connectivity index (χ1) is 23.6. The molecule has 15 nitrogen and oxygen atoms in total. The van der Waals surface area contributed by atoms with Gasteiger partial charge in [-0.15, -0.1) is 10.2 Å². The highest BCUT2D eigenvalue weighted by Crippen LogP contribution is 2.35. The molecule has 5 aromatic rings. The molecular weight excluding hydrogens is 636 g/mol. The third kappa shape index (κ3) is 7.91. The molecule has 48 heavy (non-hydrogen) atoms. The Morgan fingerprint density at radius 2 is 1.85 bits per heavy atom. The molecule has 1 saturated heterocycles. The van der Waals surface area contributed by atoms with Gasteiger partial charge in [0.25, 0.3) is 5.88 Å². The Bertz CT molecular complexity index is 1720. The molecule has 1 saturated carbocycles. The lowest BCUT2D eigenvalue weighted by Crippen LogP contribution is -2.45. The molecule has 1 N–H and O–H groups in total. The molecule has 252 valence electrons. The summed E-state index contributed by atoms with van der Waals surface area (Å²) in [7, 11) is 0. The van der Waals surface area contributed by atoms with Crippen molar-refractivity contribution < 1.29 is 14.2 Å². The standard InChI is InChI=1S/C32H39ClN12O3/c1-23(19-44-22-37-40-41-44)48-30-16-24(2-7-28(30)33)25-17-35-32(36-18-25)38-29-20-45(39-31(29)47-15-10-42-9-8-34-21-42)27-5-3-26(4-6-27)43-11-13-46-14-12-43/h2,7-9,16-18,20-23,26-27H,3-6,10-15,19H2,1H3,(H,35,36,38)/t23-,26-,27-/m0/s1. The predicted octanol–water partition coefficient (Wildman–Crippen LogP) is 4.28. The molecule has 16 heteroatoms. The zero-order valence-corrected chi connectivity index (χ0v) is 27.6. The van der Waals surface area contributed by atoms with Crippen LogP contribution < -0.4 is 14.8 Å². The fourth-order valence-electron chi connectivity index (χ4n) is 6.27. The van der Waals surface area contributed by atoms with Crippen LogP contribution in [0.3, 0.4) is 0 Å². The summed E-state index contributed by atoms with van der Waals surface area (Å²) < 4.78 is 23.5. The molecule has 0 radical (unpaired) electrons. The minimum Gasteiger partial charge on any atom is -0.487 e. The van der Waals surface area contributed by atoms with Gasteiger partial charge >= 0.3 is 0 Å². The van der Waals surface area contributed by atoms with Gasteiger partial charge in [0.1, 0.15) is 30.5 Å². The molecule has 0 unspecified atom stereocenters. The van der Waals surface area contributed by atoms with E-state index in [2.05, 4.69) is 45.4 Å². The van der Waals surface area contributed by atoms with Crippen molar-refractivity contribution in [2.24, 2.45) is 0 Å². The summed E-state index contributed by atoms with van der Waals surface area (Å²) in [6.45, 7) is 7.22. The minimum absolute atomic E-state index is 0.207. The Morgan fingerprint density at radius 1 is 1.04 bits per heavy atom. The zero-order chi connectivity index (χ0) is 32.7. The molecule has 0 spiro atoms. The summed E-state index contributed by atoms with van der Waals surface area (Å²) in [4.78, 5) is 15.9. The van der Waals surface area contributed by atoms with Crippen molar-refractivity contribution in [3.8, 4) is 22.8 Å². The van der Waals surface area contributed by atoms with E-state index in [1.165, 1.54) is 0 Å². The van der Waals surface area contributed by atoms with Crippen LogP contribution in [0.4, 0.5) is 11.6 Å². The van der Waals surface area contributed by atoms with E-state index < -0.39 is 0 Å². The van der Waals surface area contributed by atoms with Crippen molar-refractivity contribution in [2.75, 3.05) is 38.2 Å². The highest BCUT2D eigenvalue weighted by molar-refractivity contribution is 6.32. The van der Waals surface area contributed by atoms with E-state index in [4.69, 9.17) is 30.9 Å². The van der Waals surface area contributed by atoms with Crippen molar-refractivity contribution in [3.05, 3.63) is 66.9 Å². The van der Waals surface area contributed by atoms with Crippen molar-refractivity contribution in [2.45, 2.75) is 63.9 Å². The predicted molar refractivity (Wildman–Crippen MR) is 177 cm³/mol. The quantitative estimate of drug-likeness (QED) is 0.190. The van der Waals surface area contributed by atoms with Gasteiger partial charge in [-0.25, -0.2) is 19.6 Å². The Morgan fingerprint density at radius 3 is 2.60 bits per heavy atom. The Kier molecular flexibility index (Phi) is 10.1. The first kappa shape index (κ1) is 32.0. The lowest BCUT2D eigenvalue weighted by atomic mass is 9.90. The fraction of sp³-hybridized carbons (Fsp3) is 0.469. The average Bonchev–Trinajstić information content (AvgIpc) is 3.91. The summed E-state index contributed by atoms with van der Waals surface area (Å²) in [5, 5.41) is 20.0. The summed E-state index contributed by atoms with van der Waals surface area (Å²) >= 11 is 6.46. The molecule has 1 aromatic carbocycles. The van der Waals surface area contributed by atoms with Gasteiger partial charge < -0.3 is 24.1 Å². The topological polar surface area (TPSA) is 148 Å². The van der Waals surface area contributed by atoms with Crippen LogP contribution in [0.1, 0.15) is 38.6 Å². The number of imidazole rings is 1. The highest BCUT2D eigenvalue weighted by Gasteiger charge is 2.29. The first-order valence-corrected chi connectivity index (χ1v) is 16.7. The van der Waals surface area contributed by atoms with Gasteiger partial charge in [0.15, 0.2) is 0 Å². The lowest BCUT2D eigenvalue weighted by molar-refractivity contribution is 0.00503. The van der Waals surface area contributed by atoms with E-state index in [9.17, 15) is 0 Å². The van der Waals surface area contributed by atoms with Gasteiger partial charge in [-0.3, -0.25) is 9.58 Å². The third-order valence-corrected chi connectivity index (χ3v) is 9.09. The number of tetrazole rings is 1. The maximum atomic E-state index is 6.46. The summed E-state index contributed by atoms with van der Waals surface area (Å²) in [5.74, 6) is 1.52. The highest BCUT2D eigenvalue weighted by atomic mass is 35.5. The number of nitrogens with one attached hydrogen (secondary N) is 1. The number of ether oxygens (including phenoxy) is 3. The molecule has 7 rings (SSSR count). The Labute approximate surface area is 283 Å². The number of benzene rings is 1. The normalized spacial score (nSPS) is 19.2. The van der Waals surface area contributed by atoms with Crippen molar-refractivity contribution >= 4 is 23.2 Å². The number of nitrogens with zero attached hydrogens (tertiary/aromatic N) is 11. The van der Waals surface area contributed by atoms with Crippen LogP contribution in [0.15, 0.2) is 61.8 Å². The van der Waals surface area contributed by atoms with E-state index >= 15 is 0 Å². The van der Waals surface area contributed by atoms with Gasteiger partial charge in [0.2, 0.25) is 5.95 Å². The van der Waals surface area contributed by atoms with E-state index in [0.717, 1.165) is 68.8 Å². The van der Waals surface area contributed by atoms with E-state index in [1.54, 1.807) is 42.0 Å². The third-order valence-electron chi connectivity index (χ3n) is 8.77. The van der Waals surface area contributed by atoms with Crippen LogP contribution >= 0.6 is 11.6 Å². The van der Waals surface area contributed by atoms with E-state index in [-0.39, 0.29) is 6.10 Å². The average molecular weight is 675 g/mol. The summed E-state index contributed by atoms with van der Waals surface area (Å²) in [6, 6.07) is 6.51. The smallest absolute Gasteiger partial charge is 0.257 e. The van der Waals surface area contributed by atoms with Crippen LogP contribution in [0.25, 0.3) is 11.1 Å². The molecule has 1 aliphatic heterocycles. The molecule has 1 aliphatic carbocycles. The molecule has 2 fully saturated rings. The number of hydrogen-bond donors (Lipinski definition) is 1. The molecule has 5 heterocycles. The van der Waals surface area contributed by atoms with Gasteiger partial charge in [-0.2, -0.15) is 0 Å². The Hall–Kier alpha value is -4.60. The van der Waals surface area contributed by atoms with Crippen molar-refractivity contribution in [1.82, 2.24) is 54.4 Å². The SMILES string of the molecule is C[C@@H](Cn1cnnn1)Oc1cc(-c2cnc(Nc3cn([C@H]4CC[C@H](N5CCOCC5)CC4)nc3OCCn3ccnc3)nc2)ccc1Cl. The van der Waals surface area contributed by atoms with E-state index in [1.807, 2.05) is 36.0 Å². The van der Waals surface area contributed by atoms with Gasteiger partial charge in [0.05, 0.1) is 49.9 Å². The van der Waals surface area contributed by atoms with Crippen LogP contribution in [0.2, 0.25) is 5.02 Å². The Balaban J connectivity index is 1.03. The summed E-state index contributed by atoms with van der Waals surface area (Å²) in [6.07, 6.45) is 16.7. The van der Waals surface area contributed by atoms with Crippen molar-refractivity contribution in [3.63, 3.8) is 0 Å². The van der Waals surface area contributed by atoms with Crippen molar-refractivity contribution in [1.29, 1.82) is 0 Å². The number of hydrogen-bond acceptors (Lipinski definition) is 12. The zero-order valence-electron chi connectivity index (χ0n) is 26.8. The second-order valence-corrected chi connectivity index (χ2v) is 12.5. The van der Waals surface area contributed by atoms with Crippen LogP contribution in [-0.2, 0) is 17.8 Å². The minimum atomic E-state index is -0.207. The second-order valence-electron chi connectivity index (χ2n) is 12.1. The largest absolute Gasteiger partial charge is 0.487 e. The summed E-state index contributed by atoms with van der Waals surface area (Å²) in [5.41, 5.74) is 2.42. The molecule has 0 bridgehead atoms. The van der Waals surface area contributed by atoms with Crippen LogP contribution in [0, 0.1) is 0 Å². The number of rotatable bonds is 13. The number of anilines is 2. The number of aromatic nitrogens is 10. The number of morpholine rings is 1. The number of halogens is 1. The maximum Gasteiger partial charge on any atom is 0.257 e. The van der Waals surface area contributed by atoms with Gasteiger partial charge in [-0.1, -0.05) is 17.7 Å². The first-order valence-electron chi connectivity index (χ1n) is 16.3. The van der Waals surface area contributed by atoms with Gasteiger partial charge in [0, 0.05) is 49.5 Å². The fourth-order valence-corrected chi connectivity index (χ4v) is 6.43. The lowest BCUT2D eigenvalue weighted by Gasteiger charge is -2.38. The van der Waals surface area contributed by atoms with Crippen LogP contribution in [-0.4, -0.2) is 99.5 Å². The van der Waals surface area contributed by atoms with E-state index in [0.29, 0.717) is 54.4 Å².